The molecule has 2 rings (SSSR count). The van der Waals surface area contributed by atoms with Crippen molar-refractivity contribution in [2.24, 2.45) is 0 Å². The molecule has 0 spiro atoms. The zero-order chi connectivity index (χ0) is 10.0. The summed E-state index contributed by atoms with van der Waals surface area (Å²) in [6.45, 7) is 6.95. The minimum atomic E-state index is 0.0578. The van der Waals surface area contributed by atoms with Gasteiger partial charge in [-0.1, -0.05) is 24.3 Å². The minimum Gasteiger partial charge on any atom is -0.368 e. The van der Waals surface area contributed by atoms with Gasteiger partial charge in [0.05, 0.1) is 12.2 Å². The standard InChI is InChI=1S/C12H17NO/c1-10-5-3-4-6-11(10)7-14-12(2)8-13-9-12/h3-6,13H,7-9H2,1-2H3. The highest BCUT2D eigenvalue weighted by Gasteiger charge is 2.32. The van der Waals surface area contributed by atoms with E-state index in [1.54, 1.807) is 0 Å². The molecular weight excluding hydrogens is 174 g/mol. The SMILES string of the molecule is Cc1ccccc1COC1(C)CNC1. The molecule has 1 fully saturated rings. The van der Waals surface area contributed by atoms with Gasteiger partial charge >= 0.3 is 0 Å². The topological polar surface area (TPSA) is 21.3 Å². The van der Waals surface area contributed by atoms with Crippen LogP contribution in [0.2, 0.25) is 0 Å². The third-order valence-electron chi connectivity index (χ3n) is 2.84. The van der Waals surface area contributed by atoms with Crippen LogP contribution in [0.1, 0.15) is 18.1 Å². The lowest BCUT2D eigenvalue weighted by Gasteiger charge is -2.39. The first kappa shape index (κ1) is 9.69. The van der Waals surface area contributed by atoms with Crippen LogP contribution in [0.15, 0.2) is 24.3 Å². The van der Waals surface area contributed by atoms with Gasteiger partial charge in [0.1, 0.15) is 0 Å². The highest BCUT2D eigenvalue weighted by Crippen LogP contribution is 2.18. The van der Waals surface area contributed by atoms with Gasteiger partial charge < -0.3 is 10.1 Å². The summed E-state index contributed by atoms with van der Waals surface area (Å²) < 4.78 is 5.87. The molecule has 1 aromatic carbocycles. The highest BCUT2D eigenvalue weighted by atomic mass is 16.5. The molecule has 0 unspecified atom stereocenters. The molecule has 1 aliphatic heterocycles. The van der Waals surface area contributed by atoms with Crippen molar-refractivity contribution in [2.45, 2.75) is 26.1 Å². The second-order valence-electron chi connectivity index (χ2n) is 4.27. The van der Waals surface area contributed by atoms with E-state index in [1.165, 1.54) is 11.1 Å². The number of ether oxygens (including phenoxy) is 1. The molecule has 2 heteroatoms. The summed E-state index contributed by atoms with van der Waals surface area (Å²) in [5, 5.41) is 3.23. The van der Waals surface area contributed by atoms with Gasteiger partial charge in [-0.05, 0) is 25.0 Å². The summed E-state index contributed by atoms with van der Waals surface area (Å²) in [7, 11) is 0. The first-order valence-electron chi connectivity index (χ1n) is 5.09. The third kappa shape index (κ3) is 1.97. The van der Waals surface area contributed by atoms with E-state index in [2.05, 4.69) is 43.4 Å². The average Bonchev–Trinajstić information content (AvgIpc) is 2.14. The van der Waals surface area contributed by atoms with Crippen LogP contribution < -0.4 is 5.32 Å². The van der Waals surface area contributed by atoms with E-state index in [9.17, 15) is 0 Å². The summed E-state index contributed by atoms with van der Waals surface area (Å²) >= 11 is 0. The fourth-order valence-electron chi connectivity index (χ4n) is 1.60. The van der Waals surface area contributed by atoms with Crippen molar-refractivity contribution in [3.63, 3.8) is 0 Å². The van der Waals surface area contributed by atoms with E-state index in [1.807, 2.05) is 0 Å². The summed E-state index contributed by atoms with van der Waals surface area (Å²) in [5.41, 5.74) is 2.66. The third-order valence-corrected chi connectivity index (χ3v) is 2.84. The van der Waals surface area contributed by atoms with Gasteiger partial charge in [-0.15, -0.1) is 0 Å². The van der Waals surface area contributed by atoms with E-state index < -0.39 is 0 Å². The van der Waals surface area contributed by atoms with Crippen molar-refractivity contribution in [1.29, 1.82) is 0 Å². The molecule has 1 aromatic rings. The highest BCUT2D eigenvalue weighted by molar-refractivity contribution is 5.24. The molecule has 2 nitrogen and oxygen atoms in total. The number of rotatable bonds is 3. The maximum atomic E-state index is 5.87. The summed E-state index contributed by atoms with van der Waals surface area (Å²) in [6, 6.07) is 8.38. The predicted octanol–water partition coefficient (Wildman–Crippen LogP) is 1.87. The van der Waals surface area contributed by atoms with E-state index >= 15 is 0 Å². The lowest BCUT2D eigenvalue weighted by molar-refractivity contribution is -0.0768. The number of nitrogens with one attached hydrogen (secondary N) is 1. The molecule has 1 heterocycles. The molecule has 0 saturated carbocycles. The van der Waals surface area contributed by atoms with Gasteiger partial charge in [-0.3, -0.25) is 0 Å². The molecule has 0 bridgehead atoms. The lowest BCUT2D eigenvalue weighted by atomic mass is 10.00. The van der Waals surface area contributed by atoms with Gasteiger partial charge in [0, 0.05) is 13.1 Å². The van der Waals surface area contributed by atoms with E-state index in [4.69, 9.17) is 4.74 Å². The largest absolute Gasteiger partial charge is 0.368 e. The molecular formula is C12H17NO. The summed E-state index contributed by atoms with van der Waals surface area (Å²) in [6.07, 6.45) is 0. The molecule has 0 aliphatic carbocycles. The van der Waals surface area contributed by atoms with Crippen LogP contribution in [-0.2, 0) is 11.3 Å². The van der Waals surface area contributed by atoms with E-state index in [-0.39, 0.29) is 5.60 Å². The zero-order valence-electron chi connectivity index (χ0n) is 8.84. The van der Waals surface area contributed by atoms with Crippen LogP contribution in [0.3, 0.4) is 0 Å². The summed E-state index contributed by atoms with van der Waals surface area (Å²) in [4.78, 5) is 0. The number of hydrogen-bond acceptors (Lipinski definition) is 2. The van der Waals surface area contributed by atoms with Crippen molar-refractivity contribution in [3.05, 3.63) is 35.4 Å². The van der Waals surface area contributed by atoms with Gasteiger partial charge in [-0.25, -0.2) is 0 Å². The maximum absolute atomic E-state index is 5.87. The van der Waals surface area contributed by atoms with Crippen LogP contribution >= 0.6 is 0 Å². The second-order valence-corrected chi connectivity index (χ2v) is 4.27. The predicted molar refractivity (Wildman–Crippen MR) is 57.2 cm³/mol. The first-order chi connectivity index (χ1) is 6.70. The zero-order valence-corrected chi connectivity index (χ0v) is 8.84. The quantitative estimate of drug-likeness (QED) is 0.787. The Kier molecular flexibility index (Phi) is 2.57. The molecule has 1 N–H and O–H groups in total. The fourth-order valence-corrected chi connectivity index (χ4v) is 1.60. The van der Waals surface area contributed by atoms with Crippen LogP contribution in [0.25, 0.3) is 0 Å². The number of hydrogen-bond donors (Lipinski definition) is 1. The Balaban J connectivity index is 1.95. The Morgan fingerprint density at radius 3 is 2.64 bits per heavy atom. The van der Waals surface area contributed by atoms with Crippen LogP contribution in [0, 0.1) is 6.92 Å². The molecule has 0 atom stereocenters. The van der Waals surface area contributed by atoms with Crippen LogP contribution in [0.5, 0.6) is 0 Å². The van der Waals surface area contributed by atoms with Crippen molar-refractivity contribution < 1.29 is 4.74 Å². The normalized spacial score (nSPS) is 19.0. The molecule has 76 valence electrons. The summed E-state index contributed by atoms with van der Waals surface area (Å²) in [5.74, 6) is 0. The molecule has 0 amide bonds. The van der Waals surface area contributed by atoms with Crippen molar-refractivity contribution in [1.82, 2.24) is 5.32 Å². The molecule has 1 aliphatic rings. The number of benzene rings is 1. The van der Waals surface area contributed by atoms with E-state index in [0.717, 1.165) is 19.7 Å². The van der Waals surface area contributed by atoms with Crippen molar-refractivity contribution in [2.75, 3.05) is 13.1 Å². The van der Waals surface area contributed by atoms with Crippen molar-refractivity contribution in [3.8, 4) is 0 Å². The van der Waals surface area contributed by atoms with E-state index in [0.29, 0.717) is 0 Å². The van der Waals surface area contributed by atoms with Gasteiger partial charge in [0.15, 0.2) is 0 Å². The van der Waals surface area contributed by atoms with Crippen LogP contribution in [-0.4, -0.2) is 18.7 Å². The first-order valence-corrected chi connectivity index (χ1v) is 5.09. The maximum Gasteiger partial charge on any atom is 0.0906 e. The van der Waals surface area contributed by atoms with Gasteiger partial charge in [0.25, 0.3) is 0 Å². The van der Waals surface area contributed by atoms with Gasteiger partial charge in [-0.2, -0.15) is 0 Å². The molecule has 1 saturated heterocycles. The molecule has 14 heavy (non-hydrogen) atoms. The molecule has 0 radical (unpaired) electrons. The van der Waals surface area contributed by atoms with Crippen molar-refractivity contribution >= 4 is 0 Å². The second kappa shape index (κ2) is 3.71. The molecule has 0 aromatic heterocycles. The Morgan fingerprint density at radius 1 is 1.36 bits per heavy atom. The minimum absolute atomic E-state index is 0.0578. The average molecular weight is 191 g/mol. The smallest absolute Gasteiger partial charge is 0.0906 e. The monoisotopic (exact) mass is 191 g/mol. The Morgan fingerprint density at radius 2 is 2.07 bits per heavy atom. The van der Waals surface area contributed by atoms with Crippen LogP contribution in [0.4, 0.5) is 0 Å². The Hall–Kier alpha value is -0.860. The Bertz CT molecular complexity index is 318. The lowest BCUT2D eigenvalue weighted by Crippen LogP contribution is -2.58. The fraction of sp³-hybridized carbons (Fsp3) is 0.500. The Labute approximate surface area is 85.3 Å². The number of aryl methyl sites for hydroxylation is 1. The van der Waals surface area contributed by atoms with Gasteiger partial charge in [0.2, 0.25) is 0 Å².